The number of amides is 1. The first kappa shape index (κ1) is 17.6. The second kappa shape index (κ2) is 6.59. The van der Waals surface area contributed by atoms with Crippen molar-refractivity contribution in [2.75, 3.05) is 0 Å². The molecule has 0 aliphatic heterocycles. The molecule has 2 heterocycles. The van der Waals surface area contributed by atoms with Crippen LogP contribution in [0.25, 0.3) is 16.2 Å². The van der Waals surface area contributed by atoms with Gasteiger partial charge >= 0.3 is 0 Å². The van der Waals surface area contributed by atoms with E-state index in [9.17, 15) is 9.59 Å². The van der Waals surface area contributed by atoms with Gasteiger partial charge < -0.3 is 0 Å². The lowest BCUT2D eigenvalue weighted by atomic mass is 10.2. The molecule has 0 aliphatic carbocycles. The zero-order chi connectivity index (χ0) is 18.2. The topological polar surface area (TPSA) is 72.7 Å². The molecule has 1 N–H and O–H groups in total. The molecule has 1 amide bonds. The number of hydrogen-bond donors (Lipinski definition) is 1. The molecule has 0 unspecified atom stereocenters. The molecule has 0 saturated carbocycles. The minimum atomic E-state index is -0.641. The zero-order valence-electron chi connectivity index (χ0n) is 13.9. The Morgan fingerprint density at radius 1 is 1.32 bits per heavy atom. The van der Waals surface area contributed by atoms with Crippen LogP contribution in [0.3, 0.4) is 0 Å². The van der Waals surface area contributed by atoms with E-state index >= 15 is 0 Å². The summed E-state index contributed by atoms with van der Waals surface area (Å²) in [5.74, 6) is -0.641. The Hall–Kier alpha value is -2.22. The van der Waals surface area contributed by atoms with Crippen molar-refractivity contribution in [1.29, 1.82) is 0 Å². The summed E-state index contributed by atoms with van der Waals surface area (Å²) in [6, 6.07) is 7.19. The number of hydroxylamine groups is 1. The summed E-state index contributed by atoms with van der Waals surface area (Å²) in [5, 5.41) is 2.30. The molecule has 0 bridgehead atoms. The highest BCUT2D eigenvalue weighted by molar-refractivity contribution is 7.15. The molecular weight excluding hydrogens is 362 g/mol. The molecule has 6 nitrogen and oxygen atoms in total. The van der Waals surface area contributed by atoms with E-state index in [2.05, 4.69) is 10.5 Å². The van der Waals surface area contributed by atoms with Crippen molar-refractivity contribution < 1.29 is 9.63 Å². The molecule has 0 radical (unpaired) electrons. The third-order valence-electron chi connectivity index (χ3n) is 3.29. The van der Waals surface area contributed by atoms with E-state index in [0.29, 0.717) is 21.2 Å². The van der Waals surface area contributed by atoms with E-state index in [0.717, 1.165) is 0 Å². The van der Waals surface area contributed by atoms with Crippen molar-refractivity contribution >= 4 is 33.8 Å². The fraction of sp³-hybridized carbons (Fsp3) is 0.235. The molecule has 0 aliphatic rings. The van der Waals surface area contributed by atoms with Crippen molar-refractivity contribution in [3.05, 3.63) is 56.8 Å². The molecule has 3 aromatic rings. The quantitative estimate of drug-likeness (QED) is 0.708. The fourth-order valence-corrected chi connectivity index (χ4v) is 3.24. The maximum Gasteiger partial charge on any atom is 0.282 e. The Kier molecular flexibility index (Phi) is 4.64. The molecule has 25 heavy (non-hydrogen) atoms. The molecule has 3 rings (SSSR count). The van der Waals surface area contributed by atoms with E-state index < -0.39 is 17.1 Å². The maximum absolute atomic E-state index is 12.8. The number of carbonyl (C=O) groups excluding carboxylic acids is 1. The number of fused-ring (bicyclic) bond motifs is 1. The number of carbonyl (C=O) groups is 1. The van der Waals surface area contributed by atoms with Crippen LogP contribution in [0.2, 0.25) is 5.02 Å². The van der Waals surface area contributed by atoms with Crippen LogP contribution < -0.4 is 11.0 Å². The van der Waals surface area contributed by atoms with Crippen molar-refractivity contribution in [2.45, 2.75) is 26.4 Å². The number of nitrogens with one attached hydrogen (secondary N) is 1. The van der Waals surface area contributed by atoms with Crippen LogP contribution in [0, 0.1) is 0 Å². The number of aromatic nitrogens is 2. The molecule has 0 spiro atoms. The first-order valence-electron chi connectivity index (χ1n) is 7.50. The third-order valence-corrected chi connectivity index (χ3v) is 4.46. The summed E-state index contributed by atoms with van der Waals surface area (Å²) in [5.41, 5.74) is 2.43. The van der Waals surface area contributed by atoms with Crippen molar-refractivity contribution in [3.63, 3.8) is 0 Å². The smallest absolute Gasteiger partial charge is 0.268 e. The Morgan fingerprint density at radius 2 is 2.04 bits per heavy atom. The van der Waals surface area contributed by atoms with Crippen LogP contribution in [0.1, 0.15) is 31.1 Å². The van der Waals surface area contributed by atoms with E-state index in [1.165, 1.54) is 21.9 Å². The van der Waals surface area contributed by atoms with E-state index in [4.69, 9.17) is 16.4 Å². The van der Waals surface area contributed by atoms with Gasteiger partial charge in [-0.05, 0) is 26.8 Å². The minimum absolute atomic E-state index is 0.103. The summed E-state index contributed by atoms with van der Waals surface area (Å²) < 4.78 is 1.39. The van der Waals surface area contributed by atoms with Gasteiger partial charge in [0.15, 0.2) is 4.96 Å². The summed E-state index contributed by atoms with van der Waals surface area (Å²) in [4.78, 5) is 35.0. The number of rotatable bonds is 3. The van der Waals surface area contributed by atoms with Crippen LogP contribution in [-0.4, -0.2) is 20.9 Å². The minimum Gasteiger partial charge on any atom is -0.268 e. The molecule has 2 aromatic heterocycles. The number of nitrogens with zero attached hydrogens (tertiary/aromatic N) is 2. The molecule has 8 heteroatoms. The lowest BCUT2D eigenvalue weighted by Gasteiger charge is -2.18. The lowest BCUT2D eigenvalue weighted by Crippen LogP contribution is -2.37. The predicted octanol–water partition coefficient (Wildman–Crippen LogP) is 3.54. The summed E-state index contributed by atoms with van der Waals surface area (Å²) >= 11 is 7.54. The Bertz CT molecular complexity index is 1000. The normalized spacial score (nSPS) is 11.7. The third kappa shape index (κ3) is 3.58. The van der Waals surface area contributed by atoms with Gasteiger partial charge in [-0.25, -0.2) is 10.5 Å². The summed E-state index contributed by atoms with van der Waals surface area (Å²) in [6.07, 6.45) is 1.26. The molecule has 0 fully saturated rings. The van der Waals surface area contributed by atoms with E-state index in [-0.39, 0.29) is 5.56 Å². The summed E-state index contributed by atoms with van der Waals surface area (Å²) in [7, 11) is 0. The SMILES string of the molecule is CC(C)(C)ONC(=O)c1cnc2scc(-c3ccccc3Cl)n2c1=O. The van der Waals surface area contributed by atoms with Gasteiger partial charge in [-0.2, -0.15) is 0 Å². The number of halogens is 1. The Morgan fingerprint density at radius 3 is 2.72 bits per heavy atom. The van der Waals surface area contributed by atoms with E-state index in [1.54, 1.807) is 32.2 Å². The standard InChI is InChI=1S/C17H16ClN3O3S/c1-17(2,3)24-20-14(22)11-8-19-16-21(15(11)23)13(9-25-16)10-6-4-5-7-12(10)18/h4-9H,1-3H3,(H,20,22). The van der Waals surface area contributed by atoms with Crippen molar-refractivity contribution in [2.24, 2.45) is 0 Å². The first-order chi connectivity index (χ1) is 11.8. The number of hydrogen-bond acceptors (Lipinski definition) is 5. The van der Waals surface area contributed by atoms with Gasteiger partial charge in [0.1, 0.15) is 5.56 Å². The molecule has 1 aromatic carbocycles. The second-order valence-electron chi connectivity index (χ2n) is 6.34. The maximum atomic E-state index is 12.8. The second-order valence-corrected chi connectivity index (χ2v) is 7.59. The van der Waals surface area contributed by atoms with Crippen LogP contribution >= 0.6 is 22.9 Å². The largest absolute Gasteiger partial charge is 0.282 e. The monoisotopic (exact) mass is 377 g/mol. The van der Waals surface area contributed by atoms with Crippen molar-refractivity contribution in [3.8, 4) is 11.3 Å². The highest BCUT2D eigenvalue weighted by Gasteiger charge is 2.20. The molecule has 0 saturated heterocycles. The zero-order valence-corrected chi connectivity index (χ0v) is 15.4. The first-order valence-corrected chi connectivity index (χ1v) is 8.76. The number of benzene rings is 1. The van der Waals surface area contributed by atoms with Crippen LogP contribution in [0.5, 0.6) is 0 Å². The van der Waals surface area contributed by atoms with Gasteiger partial charge in [-0.3, -0.25) is 18.8 Å². The fourth-order valence-electron chi connectivity index (χ4n) is 2.16. The number of thiazole rings is 1. The van der Waals surface area contributed by atoms with Gasteiger partial charge in [0.05, 0.1) is 11.3 Å². The van der Waals surface area contributed by atoms with Gasteiger partial charge in [-0.1, -0.05) is 29.8 Å². The average Bonchev–Trinajstić information content (AvgIpc) is 2.97. The summed E-state index contributed by atoms with van der Waals surface area (Å²) in [6.45, 7) is 5.36. The van der Waals surface area contributed by atoms with E-state index in [1.807, 2.05) is 18.2 Å². The predicted molar refractivity (Wildman–Crippen MR) is 98.1 cm³/mol. The lowest BCUT2D eigenvalue weighted by molar-refractivity contribution is -0.0590. The highest BCUT2D eigenvalue weighted by atomic mass is 35.5. The van der Waals surface area contributed by atoms with Gasteiger partial charge in [0.2, 0.25) is 0 Å². The van der Waals surface area contributed by atoms with Crippen molar-refractivity contribution in [1.82, 2.24) is 14.9 Å². The molecule has 130 valence electrons. The van der Waals surface area contributed by atoms with Gasteiger partial charge in [0.25, 0.3) is 11.5 Å². The van der Waals surface area contributed by atoms with Gasteiger partial charge in [0, 0.05) is 22.2 Å². The Balaban J connectivity index is 2.08. The average molecular weight is 378 g/mol. The molecular formula is C17H16ClN3O3S. The van der Waals surface area contributed by atoms with Crippen LogP contribution in [0.15, 0.2) is 40.6 Å². The molecule has 0 atom stereocenters. The Labute approximate surface area is 153 Å². The van der Waals surface area contributed by atoms with Gasteiger partial charge in [-0.15, -0.1) is 11.3 Å². The highest BCUT2D eigenvalue weighted by Crippen LogP contribution is 2.29. The van der Waals surface area contributed by atoms with Crippen LogP contribution in [0.4, 0.5) is 0 Å². The van der Waals surface area contributed by atoms with Crippen LogP contribution in [-0.2, 0) is 4.84 Å².